The van der Waals surface area contributed by atoms with Crippen molar-refractivity contribution < 1.29 is 4.79 Å². The number of amides is 1. The summed E-state index contributed by atoms with van der Waals surface area (Å²) < 4.78 is 0. The summed E-state index contributed by atoms with van der Waals surface area (Å²) in [5.41, 5.74) is 4.65. The molecule has 0 saturated carbocycles. The highest BCUT2D eigenvalue weighted by molar-refractivity contribution is 6.30. The largest absolute Gasteiger partial charge is 0.381 e. The van der Waals surface area contributed by atoms with Crippen LogP contribution >= 0.6 is 11.6 Å². The smallest absolute Gasteiger partial charge is 0.265 e. The highest BCUT2D eigenvalue weighted by Gasteiger charge is 2.02. The Labute approximate surface area is 116 Å². The predicted octanol–water partition coefficient (Wildman–Crippen LogP) is 2.56. The van der Waals surface area contributed by atoms with Crippen LogP contribution in [0.25, 0.3) is 0 Å². The van der Waals surface area contributed by atoms with Crippen molar-refractivity contribution in [3.63, 3.8) is 0 Å². The molecular formula is C14H14ClN3O. The maximum Gasteiger partial charge on any atom is 0.265 e. The van der Waals surface area contributed by atoms with Crippen molar-refractivity contribution in [3.8, 4) is 0 Å². The maximum absolute atomic E-state index is 11.3. The van der Waals surface area contributed by atoms with Crippen LogP contribution in [0.2, 0.25) is 5.02 Å². The summed E-state index contributed by atoms with van der Waals surface area (Å²) in [5.74, 6) is 4.77. The fourth-order valence-corrected chi connectivity index (χ4v) is 1.85. The number of nitrogens with one attached hydrogen (secondary N) is 2. The zero-order chi connectivity index (χ0) is 13.7. The minimum Gasteiger partial charge on any atom is -0.381 e. The predicted molar refractivity (Wildman–Crippen MR) is 76.9 cm³/mol. The molecule has 1 amide bonds. The van der Waals surface area contributed by atoms with Gasteiger partial charge >= 0.3 is 0 Å². The van der Waals surface area contributed by atoms with Crippen LogP contribution in [0, 0.1) is 0 Å². The van der Waals surface area contributed by atoms with E-state index in [1.807, 2.05) is 36.4 Å². The summed E-state index contributed by atoms with van der Waals surface area (Å²) >= 11 is 5.90. The topological polar surface area (TPSA) is 67.1 Å². The van der Waals surface area contributed by atoms with Gasteiger partial charge in [0, 0.05) is 22.8 Å². The number of hydrogen-bond donors (Lipinski definition) is 3. The van der Waals surface area contributed by atoms with Crippen LogP contribution < -0.4 is 16.6 Å². The molecule has 0 fully saturated rings. The van der Waals surface area contributed by atoms with E-state index in [-0.39, 0.29) is 5.91 Å². The van der Waals surface area contributed by atoms with Gasteiger partial charge in [-0.05, 0) is 35.9 Å². The van der Waals surface area contributed by atoms with Crippen molar-refractivity contribution in [1.82, 2.24) is 5.43 Å². The Balaban J connectivity index is 1.98. The lowest BCUT2D eigenvalue weighted by Crippen LogP contribution is -2.29. The number of nitrogen functional groups attached to an aromatic ring is 1. The van der Waals surface area contributed by atoms with E-state index in [1.54, 1.807) is 12.1 Å². The minimum absolute atomic E-state index is 0.297. The SMILES string of the molecule is NNC(=O)c1ccc(CNc2cccc(Cl)c2)cc1. The van der Waals surface area contributed by atoms with E-state index < -0.39 is 0 Å². The number of nitrogens with two attached hydrogens (primary N) is 1. The molecule has 0 radical (unpaired) electrons. The Morgan fingerprint density at radius 3 is 2.53 bits per heavy atom. The molecule has 0 spiro atoms. The number of hydrogen-bond acceptors (Lipinski definition) is 3. The monoisotopic (exact) mass is 275 g/mol. The van der Waals surface area contributed by atoms with Crippen LogP contribution in [0.3, 0.4) is 0 Å². The van der Waals surface area contributed by atoms with Crippen LogP contribution in [-0.4, -0.2) is 5.91 Å². The van der Waals surface area contributed by atoms with Gasteiger partial charge in [0.15, 0.2) is 0 Å². The Bertz CT molecular complexity index is 569. The van der Waals surface area contributed by atoms with Crippen LogP contribution in [0.15, 0.2) is 48.5 Å². The fourth-order valence-electron chi connectivity index (χ4n) is 1.66. The zero-order valence-electron chi connectivity index (χ0n) is 10.2. The van der Waals surface area contributed by atoms with E-state index in [0.717, 1.165) is 11.3 Å². The van der Waals surface area contributed by atoms with Crippen LogP contribution in [0.1, 0.15) is 15.9 Å². The first kappa shape index (κ1) is 13.4. The van der Waals surface area contributed by atoms with Gasteiger partial charge in [-0.25, -0.2) is 5.84 Å². The zero-order valence-corrected chi connectivity index (χ0v) is 10.9. The third kappa shape index (κ3) is 3.71. The number of carbonyl (C=O) groups excluding carboxylic acids is 1. The molecule has 0 aliphatic heterocycles. The molecule has 4 nitrogen and oxygen atoms in total. The number of halogens is 1. The normalized spacial score (nSPS) is 10.0. The summed E-state index contributed by atoms with van der Waals surface area (Å²) in [6.45, 7) is 0.658. The molecule has 5 heteroatoms. The van der Waals surface area contributed by atoms with E-state index in [4.69, 9.17) is 17.4 Å². The van der Waals surface area contributed by atoms with E-state index in [9.17, 15) is 4.79 Å². The van der Waals surface area contributed by atoms with Crippen molar-refractivity contribution in [2.75, 3.05) is 5.32 Å². The first-order valence-corrected chi connectivity index (χ1v) is 6.16. The first-order valence-electron chi connectivity index (χ1n) is 5.78. The first-order chi connectivity index (χ1) is 9.19. The van der Waals surface area contributed by atoms with E-state index in [1.165, 1.54) is 0 Å². The summed E-state index contributed by atoms with van der Waals surface area (Å²) in [6, 6.07) is 14.7. The second-order valence-electron chi connectivity index (χ2n) is 4.03. The molecule has 2 aromatic carbocycles. The number of hydrazine groups is 1. The van der Waals surface area contributed by atoms with Gasteiger partial charge in [-0.3, -0.25) is 10.2 Å². The number of rotatable bonds is 4. The Kier molecular flexibility index (Phi) is 4.39. The Morgan fingerprint density at radius 2 is 1.89 bits per heavy atom. The number of carbonyl (C=O) groups is 1. The average Bonchev–Trinajstić information content (AvgIpc) is 2.45. The number of anilines is 1. The fraction of sp³-hybridized carbons (Fsp3) is 0.0714. The molecule has 0 aliphatic rings. The van der Waals surface area contributed by atoms with Gasteiger partial charge in [0.05, 0.1) is 0 Å². The molecule has 2 aromatic rings. The standard InChI is InChI=1S/C14H14ClN3O/c15-12-2-1-3-13(8-12)17-9-10-4-6-11(7-5-10)14(19)18-16/h1-8,17H,9,16H2,(H,18,19). The van der Waals surface area contributed by atoms with E-state index in [2.05, 4.69) is 10.7 Å². The molecule has 0 atom stereocenters. The molecule has 0 heterocycles. The molecule has 0 bridgehead atoms. The van der Waals surface area contributed by atoms with Gasteiger partial charge in [0.2, 0.25) is 0 Å². The van der Waals surface area contributed by atoms with E-state index in [0.29, 0.717) is 17.1 Å². The Hall–Kier alpha value is -2.04. The lowest BCUT2D eigenvalue weighted by atomic mass is 10.1. The average molecular weight is 276 g/mol. The van der Waals surface area contributed by atoms with Crippen LogP contribution in [-0.2, 0) is 6.54 Å². The molecule has 0 saturated heterocycles. The van der Waals surface area contributed by atoms with Gasteiger partial charge in [-0.2, -0.15) is 0 Å². The highest BCUT2D eigenvalue weighted by Crippen LogP contribution is 2.16. The molecule has 0 unspecified atom stereocenters. The second-order valence-corrected chi connectivity index (χ2v) is 4.47. The third-order valence-electron chi connectivity index (χ3n) is 2.67. The number of benzene rings is 2. The van der Waals surface area contributed by atoms with E-state index >= 15 is 0 Å². The third-order valence-corrected chi connectivity index (χ3v) is 2.90. The summed E-state index contributed by atoms with van der Waals surface area (Å²) in [5, 5.41) is 3.95. The highest BCUT2D eigenvalue weighted by atomic mass is 35.5. The Morgan fingerprint density at radius 1 is 1.16 bits per heavy atom. The van der Waals surface area contributed by atoms with Crippen molar-refractivity contribution in [3.05, 3.63) is 64.7 Å². The van der Waals surface area contributed by atoms with Crippen molar-refractivity contribution in [1.29, 1.82) is 0 Å². The minimum atomic E-state index is -0.297. The molecular weight excluding hydrogens is 262 g/mol. The lowest BCUT2D eigenvalue weighted by molar-refractivity contribution is 0.0953. The maximum atomic E-state index is 11.3. The molecule has 2 rings (SSSR count). The van der Waals surface area contributed by atoms with Crippen molar-refractivity contribution >= 4 is 23.2 Å². The molecule has 19 heavy (non-hydrogen) atoms. The van der Waals surface area contributed by atoms with Gasteiger partial charge in [0.25, 0.3) is 5.91 Å². The van der Waals surface area contributed by atoms with Gasteiger partial charge in [0.1, 0.15) is 0 Å². The van der Waals surface area contributed by atoms with Crippen molar-refractivity contribution in [2.45, 2.75) is 6.54 Å². The molecule has 0 aromatic heterocycles. The van der Waals surface area contributed by atoms with Gasteiger partial charge in [-0.15, -0.1) is 0 Å². The lowest BCUT2D eigenvalue weighted by Gasteiger charge is -2.07. The quantitative estimate of drug-likeness (QED) is 0.456. The molecule has 0 aliphatic carbocycles. The summed E-state index contributed by atoms with van der Waals surface area (Å²) in [7, 11) is 0. The van der Waals surface area contributed by atoms with Crippen LogP contribution in [0.5, 0.6) is 0 Å². The second kappa shape index (κ2) is 6.22. The van der Waals surface area contributed by atoms with Gasteiger partial charge < -0.3 is 5.32 Å². The van der Waals surface area contributed by atoms with Crippen LogP contribution in [0.4, 0.5) is 5.69 Å². The van der Waals surface area contributed by atoms with Crippen molar-refractivity contribution in [2.24, 2.45) is 5.84 Å². The summed E-state index contributed by atoms with van der Waals surface area (Å²) in [6.07, 6.45) is 0. The summed E-state index contributed by atoms with van der Waals surface area (Å²) in [4.78, 5) is 11.3. The molecule has 98 valence electrons. The van der Waals surface area contributed by atoms with Gasteiger partial charge in [-0.1, -0.05) is 29.8 Å². The molecule has 4 N–H and O–H groups in total.